The number of aromatic nitrogens is 4. The van der Waals surface area contributed by atoms with E-state index in [1.165, 1.54) is 0 Å². The van der Waals surface area contributed by atoms with Crippen molar-refractivity contribution in [2.75, 3.05) is 97.8 Å². The first-order valence-electron chi connectivity index (χ1n) is 17.4. The largest absolute Gasteiger partial charge is 0.491 e. The summed E-state index contributed by atoms with van der Waals surface area (Å²) in [5, 5.41) is 0.819. The molecule has 0 saturated heterocycles. The Morgan fingerprint density at radius 2 is 0.830 bits per heavy atom. The van der Waals surface area contributed by atoms with E-state index < -0.39 is 0 Å². The fourth-order valence-corrected chi connectivity index (χ4v) is 7.11. The van der Waals surface area contributed by atoms with Gasteiger partial charge < -0.3 is 37.9 Å². The maximum absolute atomic E-state index is 5.94. The van der Waals surface area contributed by atoms with Gasteiger partial charge in [-0.1, -0.05) is 22.3 Å². The molecule has 0 N–H and O–H groups in total. The van der Waals surface area contributed by atoms with Gasteiger partial charge in [0.05, 0.1) is 105 Å². The van der Waals surface area contributed by atoms with Crippen molar-refractivity contribution >= 4 is 89.4 Å². The van der Waals surface area contributed by atoms with Crippen LogP contribution in [0.3, 0.4) is 0 Å². The first-order valence-corrected chi connectivity index (χ1v) is 20.8. The summed E-state index contributed by atoms with van der Waals surface area (Å²) in [7, 11) is 2.08. The van der Waals surface area contributed by atoms with E-state index in [-0.39, 0.29) is 0 Å². The van der Waals surface area contributed by atoms with Crippen LogP contribution < -0.4 is 9.47 Å². The molecule has 0 fully saturated rings. The highest BCUT2D eigenvalue weighted by atomic mass is 79.9. The van der Waals surface area contributed by atoms with Crippen LogP contribution >= 0.6 is 59.5 Å². The van der Waals surface area contributed by atoms with Gasteiger partial charge in [0.1, 0.15) is 54.6 Å². The monoisotopic (exact) mass is 938 g/mol. The fraction of sp³-hybridized carbons (Fsp3) is 0.444. The molecule has 5 aromatic rings. The Morgan fingerprint density at radius 1 is 0.472 bits per heavy atom. The molecule has 2 heterocycles. The number of fused-ring (bicyclic) bond motifs is 2. The van der Waals surface area contributed by atoms with Crippen LogP contribution in [0.15, 0.2) is 57.5 Å². The van der Waals surface area contributed by atoms with Crippen molar-refractivity contribution < 1.29 is 37.9 Å². The second-order valence-electron chi connectivity index (χ2n) is 11.3. The van der Waals surface area contributed by atoms with Crippen molar-refractivity contribution in [3.63, 3.8) is 0 Å². The summed E-state index contributed by atoms with van der Waals surface area (Å²) in [5.74, 6) is 1.45. The molecule has 17 heteroatoms. The Hall–Kier alpha value is -2.32. The molecule has 53 heavy (non-hydrogen) atoms. The zero-order valence-corrected chi connectivity index (χ0v) is 35.1. The molecule has 0 spiro atoms. The molecule has 0 aliphatic carbocycles. The lowest BCUT2D eigenvalue weighted by molar-refractivity contribution is 0.0114. The van der Waals surface area contributed by atoms with E-state index >= 15 is 0 Å². The van der Waals surface area contributed by atoms with E-state index in [0.29, 0.717) is 108 Å². The predicted molar refractivity (Wildman–Crippen MR) is 220 cm³/mol. The molecule has 0 aliphatic rings. The molecule has 0 unspecified atom stereocenters. The minimum atomic E-state index is 0.414. The fourth-order valence-electron chi connectivity index (χ4n) is 4.98. The summed E-state index contributed by atoms with van der Waals surface area (Å²) in [6.45, 7) is 7.49. The molecule has 0 bridgehead atoms. The van der Waals surface area contributed by atoms with Gasteiger partial charge in [-0.05, 0) is 80.4 Å². The number of nitrogens with zero attached hydrogens (tertiary/aromatic N) is 4. The van der Waals surface area contributed by atoms with Gasteiger partial charge in [-0.3, -0.25) is 0 Å². The molecule has 0 atom stereocenters. The van der Waals surface area contributed by atoms with Crippen molar-refractivity contribution in [2.24, 2.45) is 0 Å². The molecule has 0 saturated carbocycles. The minimum Gasteiger partial charge on any atom is -0.491 e. The van der Waals surface area contributed by atoms with Gasteiger partial charge in [0.25, 0.3) is 0 Å². The van der Waals surface area contributed by atoms with Crippen LogP contribution in [-0.2, 0) is 28.4 Å². The van der Waals surface area contributed by atoms with Crippen LogP contribution in [0.4, 0.5) is 0 Å². The highest BCUT2D eigenvalue weighted by Gasteiger charge is 2.21. The van der Waals surface area contributed by atoms with Crippen LogP contribution in [-0.4, -0.2) is 124 Å². The summed E-state index contributed by atoms with van der Waals surface area (Å²) in [6, 6.07) is 15.6. The number of benzene rings is 3. The zero-order chi connectivity index (χ0) is 37.1. The van der Waals surface area contributed by atoms with Crippen LogP contribution in [0.25, 0.3) is 44.6 Å². The van der Waals surface area contributed by atoms with Gasteiger partial charge in [-0.2, -0.15) is 8.75 Å². The predicted octanol–water partition coefficient (Wildman–Crippen LogP) is 6.80. The number of hydrogen-bond donors (Lipinski definition) is 0. The standard InChI is InChI=1S/C36H42BBr3N4O8S/c37-9-11-45-13-15-47-17-19-49-21-23-51-27-5-1-25(2-6-27)31-32(42-34-30(40)36-35(43-53-44-36)29(39)33(34)41-31)26-3-7-28(8-4-26)52-24-22-50-20-18-48-16-14-46-12-10-38/h1-8H,9-24,37H2. The van der Waals surface area contributed by atoms with Gasteiger partial charge in [0, 0.05) is 23.1 Å². The molecule has 0 aliphatic heterocycles. The van der Waals surface area contributed by atoms with Crippen LogP contribution in [0.5, 0.6) is 11.5 Å². The molecule has 3 aromatic carbocycles. The molecular formula is C36H42BBr3N4O8S. The average molecular weight is 941 g/mol. The summed E-state index contributed by atoms with van der Waals surface area (Å²) in [4.78, 5) is 10.3. The summed E-state index contributed by atoms with van der Waals surface area (Å²) in [5.41, 5.74) is 6.00. The number of rotatable bonds is 26. The first-order chi connectivity index (χ1) is 26.1. The van der Waals surface area contributed by atoms with E-state index in [9.17, 15) is 0 Å². The second-order valence-corrected chi connectivity index (χ2v) is 14.2. The third-order valence-corrected chi connectivity index (χ3v) is 9.88. The Kier molecular flexibility index (Phi) is 18.6. The average Bonchev–Trinajstić information content (AvgIpc) is 3.69. The second kappa shape index (κ2) is 23.6. The van der Waals surface area contributed by atoms with Gasteiger partial charge in [-0.15, -0.1) is 0 Å². The third-order valence-electron chi connectivity index (χ3n) is 7.52. The summed E-state index contributed by atoms with van der Waals surface area (Å²) in [6.07, 6.45) is 1.01. The molecule has 5 rings (SSSR count). The smallest absolute Gasteiger partial charge is 0.122 e. The van der Waals surface area contributed by atoms with Crippen LogP contribution in [0.2, 0.25) is 6.32 Å². The Balaban J connectivity index is 1.20. The topological polar surface area (TPSA) is 125 Å². The minimum absolute atomic E-state index is 0.414. The molecule has 284 valence electrons. The van der Waals surface area contributed by atoms with Gasteiger partial charge in [0.2, 0.25) is 0 Å². The number of alkyl halides is 1. The maximum atomic E-state index is 5.94. The van der Waals surface area contributed by atoms with E-state index in [4.69, 9.17) is 47.9 Å². The van der Waals surface area contributed by atoms with E-state index in [0.717, 1.165) is 72.6 Å². The van der Waals surface area contributed by atoms with Crippen molar-refractivity contribution in [1.82, 2.24) is 18.7 Å². The lowest BCUT2D eigenvalue weighted by Gasteiger charge is -2.14. The third kappa shape index (κ3) is 12.9. The zero-order valence-electron chi connectivity index (χ0n) is 29.5. The Labute approximate surface area is 339 Å². The lowest BCUT2D eigenvalue weighted by atomic mass is 10.0. The normalized spacial score (nSPS) is 11.5. The Bertz CT molecular complexity index is 1700. The quantitative estimate of drug-likeness (QED) is 0.0329. The molecule has 0 radical (unpaired) electrons. The Morgan fingerprint density at radius 3 is 1.21 bits per heavy atom. The SMILES string of the molecule is BCCOCCOCCOCCOc1ccc(-c2nc3c(Br)c4nsnc4c(Br)c3nc2-c2ccc(OCCOCCOCCOCCBr)cc2)cc1. The highest BCUT2D eigenvalue weighted by Crippen LogP contribution is 2.40. The van der Waals surface area contributed by atoms with E-state index in [1.807, 2.05) is 48.5 Å². The van der Waals surface area contributed by atoms with E-state index in [2.05, 4.69) is 64.4 Å². The van der Waals surface area contributed by atoms with Gasteiger partial charge >= 0.3 is 0 Å². The molecular weight excluding hydrogens is 899 g/mol. The van der Waals surface area contributed by atoms with E-state index in [1.54, 1.807) is 0 Å². The number of ether oxygens (including phenoxy) is 8. The van der Waals surface area contributed by atoms with Gasteiger partial charge in [-0.25, -0.2) is 9.97 Å². The van der Waals surface area contributed by atoms with Crippen LogP contribution in [0.1, 0.15) is 0 Å². The maximum Gasteiger partial charge on any atom is 0.122 e. The van der Waals surface area contributed by atoms with Crippen molar-refractivity contribution in [3.8, 4) is 34.0 Å². The number of hydrogen-bond acceptors (Lipinski definition) is 13. The van der Waals surface area contributed by atoms with Crippen molar-refractivity contribution in [2.45, 2.75) is 6.32 Å². The molecule has 12 nitrogen and oxygen atoms in total. The summed E-state index contributed by atoms with van der Waals surface area (Å²) >= 11 is 11.9. The highest BCUT2D eigenvalue weighted by molar-refractivity contribution is 9.11. The van der Waals surface area contributed by atoms with Crippen LogP contribution in [0, 0.1) is 0 Å². The molecule has 2 aromatic heterocycles. The first kappa shape index (κ1) is 41.8. The molecule has 0 amide bonds. The van der Waals surface area contributed by atoms with Crippen molar-refractivity contribution in [1.29, 1.82) is 0 Å². The lowest BCUT2D eigenvalue weighted by Crippen LogP contribution is -2.13. The number of halogens is 3. The summed E-state index contributed by atoms with van der Waals surface area (Å²) < 4.78 is 55.4. The van der Waals surface area contributed by atoms with Gasteiger partial charge in [0.15, 0.2) is 0 Å². The van der Waals surface area contributed by atoms with Crippen molar-refractivity contribution in [3.05, 3.63) is 57.5 Å².